The molecule has 0 unspecified atom stereocenters. The molecule has 4 heteroatoms. The first-order valence-electron chi connectivity index (χ1n) is 5.55. The normalized spacial score (nSPS) is 18.1. The molecule has 1 fully saturated rings. The molecule has 1 amide bonds. The van der Waals surface area contributed by atoms with E-state index in [1.165, 1.54) is 0 Å². The predicted molar refractivity (Wildman–Crippen MR) is 68.4 cm³/mol. The van der Waals surface area contributed by atoms with Gasteiger partial charge in [0, 0.05) is 15.5 Å². The van der Waals surface area contributed by atoms with E-state index in [0.29, 0.717) is 13.1 Å². The van der Waals surface area contributed by atoms with E-state index in [-0.39, 0.29) is 5.91 Å². The lowest BCUT2D eigenvalue weighted by Gasteiger charge is -2.44. The molecule has 3 nitrogen and oxygen atoms in total. The smallest absolute Gasteiger partial charge is 0.255 e. The van der Waals surface area contributed by atoms with Crippen LogP contribution in [0.5, 0.6) is 0 Å². The molecule has 0 aliphatic carbocycles. The van der Waals surface area contributed by atoms with Crippen LogP contribution in [0.3, 0.4) is 0 Å². The summed E-state index contributed by atoms with van der Waals surface area (Å²) < 4.78 is 1.13. The molecule has 88 valence electrons. The van der Waals surface area contributed by atoms with Gasteiger partial charge in [-0.15, -0.1) is 11.3 Å². The number of hydrogen-bond donors (Lipinski definition) is 1. The van der Waals surface area contributed by atoms with Crippen molar-refractivity contribution in [1.82, 2.24) is 4.90 Å². The van der Waals surface area contributed by atoms with Crippen LogP contribution in [-0.2, 0) is 0 Å². The molecule has 2 heterocycles. The summed E-state index contributed by atoms with van der Waals surface area (Å²) in [6, 6.07) is 7.90. The van der Waals surface area contributed by atoms with Crippen LogP contribution in [-0.4, -0.2) is 34.6 Å². The number of nitrogens with zero attached hydrogens (tertiary/aromatic N) is 1. The molecule has 0 saturated carbocycles. The highest BCUT2D eigenvalue weighted by Crippen LogP contribution is 2.29. The van der Waals surface area contributed by atoms with Crippen molar-refractivity contribution < 1.29 is 9.90 Å². The lowest BCUT2D eigenvalue weighted by molar-refractivity contribution is -0.0667. The maximum absolute atomic E-state index is 12.2. The first kappa shape index (κ1) is 10.7. The minimum absolute atomic E-state index is 0.0222. The monoisotopic (exact) mass is 247 g/mol. The summed E-state index contributed by atoms with van der Waals surface area (Å²) in [6.45, 7) is 2.61. The lowest BCUT2D eigenvalue weighted by Crippen LogP contribution is -2.61. The van der Waals surface area contributed by atoms with E-state index in [4.69, 9.17) is 0 Å². The van der Waals surface area contributed by atoms with E-state index >= 15 is 0 Å². The van der Waals surface area contributed by atoms with Gasteiger partial charge in [0.15, 0.2) is 0 Å². The summed E-state index contributed by atoms with van der Waals surface area (Å²) in [7, 11) is 0. The summed E-state index contributed by atoms with van der Waals surface area (Å²) in [5.41, 5.74) is 0.0442. The summed E-state index contributed by atoms with van der Waals surface area (Å²) in [6.07, 6.45) is 0. The van der Waals surface area contributed by atoms with Gasteiger partial charge >= 0.3 is 0 Å². The summed E-state index contributed by atoms with van der Waals surface area (Å²) >= 11 is 1.58. The second-order valence-corrected chi connectivity index (χ2v) is 5.71. The third kappa shape index (κ3) is 1.73. The molecule has 1 aromatic carbocycles. The molecule has 1 N–H and O–H groups in total. The third-order valence-electron chi connectivity index (χ3n) is 3.06. The zero-order valence-corrected chi connectivity index (χ0v) is 10.3. The Morgan fingerprint density at radius 3 is 2.82 bits per heavy atom. The van der Waals surface area contributed by atoms with E-state index in [1.54, 1.807) is 23.2 Å². The minimum Gasteiger partial charge on any atom is -0.386 e. The SMILES string of the molecule is CC1(O)CN(C(=O)c2csc3ccccc23)C1. The Morgan fingerprint density at radius 2 is 2.12 bits per heavy atom. The average Bonchev–Trinajstić information content (AvgIpc) is 2.68. The van der Waals surface area contributed by atoms with Crippen molar-refractivity contribution in [3.63, 3.8) is 0 Å². The number of rotatable bonds is 1. The molecule has 0 radical (unpaired) electrons. The van der Waals surface area contributed by atoms with Crippen molar-refractivity contribution in [1.29, 1.82) is 0 Å². The highest BCUT2D eigenvalue weighted by molar-refractivity contribution is 7.17. The van der Waals surface area contributed by atoms with Crippen LogP contribution >= 0.6 is 11.3 Å². The second-order valence-electron chi connectivity index (χ2n) is 4.80. The second kappa shape index (κ2) is 3.55. The molecular weight excluding hydrogens is 234 g/mol. The maximum atomic E-state index is 12.2. The number of thiophene rings is 1. The van der Waals surface area contributed by atoms with Gasteiger partial charge in [0.05, 0.1) is 24.3 Å². The Bertz CT molecular complexity index is 580. The number of carbonyl (C=O) groups is 1. The fourth-order valence-corrected chi connectivity index (χ4v) is 3.17. The van der Waals surface area contributed by atoms with Crippen LogP contribution in [0.4, 0.5) is 0 Å². The lowest BCUT2D eigenvalue weighted by atomic mass is 9.96. The maximum Gasteiger partial charge on any atom is 0.255 e. The van der Waals surface area contributed by atoms with Crippen molar-refractivity contribution in [3.8, 4) is 0 Å². The Labute approximate surface area is 103 Å². The summed E-state index contributed by atoms with van der Waals surface area (Å²) in [5, 5.41) is 12.6. The van der Waals surface area contributed by atoms with Crippen molar-refractivity contribution in [2.75, 3.05) is 13.1 Å². The molecule has 0 atom stereocenters. The van der Waals surface area contributed by atoms with Gasteiger partial charge in [0.25, 0.3) is 5.91 Å². The third-order valence-corrected chi connectivity index (χ3v) is 4.03. The number of β-amino-alcohol motifs (C(OH)–C–C–N with tert-alkyl or cyclic N) is 1. The average molecular weight is 247 g/mol. The largest absolute Gasteiger partial charge is 0.386 e. The number of fused-ring (bicyclic) bond motifs is 1. The first-order chi connectivity index (χ1) is 8.07. The molecule has 1 aliphatic rings. The van der Waals surface area contributed by atoms with Crippen molar-refractivity contribution >= 4 is 27.3 Å². The molecule has 0 spiro atoms. The molecular formula is C13H13NO2S. The topological polar surface area (TPSA) is 40.5 Å². The van der Waals surface area contributed by atoms with Gasteiger partial charge in [-0.2, -0.15) is 0 Å². The zero-order chi connectivity index (χ0) is 12.0. The van der Waals surface area contributed by atoms with Crippen LogP contribution < -0.4 is 0 Å². The zero-order valence-electron chi connectivity index (χ0n) is 9.51. The fraction of sp³-hybridized carbons (Fsp3) is 0.308. The van der Waals surface area contributed by atoms with Gasteiger partial charge in [-0.05, 0) is 13.0 Å². The number of amides is 1. The Balaban J connectivity index is 1.92. The molecule has 17 heavy (non-hydrogen) atoms. The van der Waals surface area contributed by atoms with E-state index < -0.39 is 5.60 Å². The van der Waals surface area contributed by atoms with Crippen molar-refractivity contribution in [2.45, 2.75) is 12.5 Å². The standard InChI is InChI=1S/C13H13NO2S/c1-13(16)7-14(8-13)12(15)10-6-17-11-5-3-2-4-9(10)11/h2-6,16H,7-8H2,1H3. The predicted octanol–water partition coefficient (Wildman–Crippen LogP) is 2.11. The van der Waals surface area contributed by atoms with Gasteiger partial charge in [-0.25, -0.2) is 0 Å². The van der Waals surface area contributed by atoms with Crippen LogP contribution in [0, 0.1) is 0 Å². The van der Waals surface area contributed by atoms with Crippen LogP contribution in [0.1, 0.15) is 17.3 Å². The van der Waals surface area contributed by atoms with E-state index in [1.807, 2.05) is 29.6 Å². The minimum atomic E-state index is -0.707. The molecule has 0 bridgehead atoms. The molecule has 3 rings (SSSR count). The highest BCUT2D eigenvalue weighted by atomic mass is 32.1. The van der Waals surface area contributed by atoms with Crippen molar-refractivity contribution in [3.05, 3.63) is 35.2 Å². The van der Waals surface area contributed by atoms with Gasteiger partial charge in [0.2, 0.25) is 0 Å². The summed E-state index contributed by atoms with van der Waals surface area (Å²) in [5.74, 6) is 0.0222. The fourth-order valence-electron chi connectivity index (χ4n) is 2.23. The van der Waals surface area contributed by atoms with Crippen LogP contribution in [0.15, 0.2) is 29.6 Å². The van der Waals surface area contributed by atoms with Gasteiger partial charge in [-0.1, -0.05) is 18.2 Å². The van der Waals surface area contributed by atoms with E-state index in [0.717, 1.165) is 15.6 Å². The Kier molecular flexibility index (Phi) is 2.24. The molecule has 1 saturated heterocycles. The van der Waals surface area contributed by atoms with E-state index in [2.05, 4.69) is 0 Å². The van der Waals surface area contributed by atoms with Gasteiger partial charge in [-0.3, -0.25) is 4.79 Å². The molecule has 1 aromatic heterocycles. The van der Waals surface area contributed by atoms with Crippen molar-refractivity contribution in [2.24, 2.45) is 0 Å². The number of hydrogen-bond acceptors (Lipinski definition) is 3. The Hall–Kier alpha value is -1.39. The van der Waals surface area contributed by atoms with Gasteiger partial charge in [0.1, 0.15) is 0 Å². The first-order valence-corrected chi connectivity index (χ1v) is 6.43. The Morgan fingerprint density at radius 1 is 1.41 bits per heavy atom. The molecule has 1 aliphatic heterocycles. The quantitative estimate of drug-likeness (QED) is 0.838. The number of carbonyl (C=O) groups excluding carboxylic acids is 1. The van der Waals surface area contributed by atoms with Crippen LogP contribution in [0.2, 0.25) is 0 Å². The highest BCUT2D eigenvalue weighted by Gasteiger charge is 2.40. The summed E-state index contributed by atoms with van der Waals surface area (Å²) in [4.78, 5) is 13.9. The van der Waals surface area contributed by atoms with Crippen LogP contribution in [0.25, 0.3) is 10.1 Å². The van der Waals surface area contributed by atoms with Gasteiger partial charge < -0.3 is 10.0 Å². The number of benzene rings is 1. The number of likely N-dealkylation sites (tertiary alicyclic amines) is 1. The number of aliphatic hydroxyl groups is 1. The molecule has 2 aromatic rings. The van der Waals surface area contributed by atoms with E-state index in [9.17, 15) is 9.90 Å².